The third-order valence-corrected chi connectivity index (χ3v) is 4.08. The van der Waals surface area contributed by atoms with E-state index in [0.29, 0.717) is 11.3 Å². The standard InChI is InChI=1S/C18H19N3O2/c19-18(23)20-15-9-4-8-14(12-15)17(22)21-11-5-10-16(21)13-6-2-1-3-7-13/h1-4,6-9,12,16H,5,10-11H2,(H3,19,20,23). The van der Waals surface area contributed by atoms with Crippen LogP contribution >= 0.6 is 0 Å². The van der Waals surface area contributed by atoms with Gasteiger partial charge in [-0.25, -0.2) is 4.79 Å². The lowest BCUT2D eigenvalue weighted by atomic mass is 10.0. The van der Waals surface area contributed by atoms with Gasteiger partial charge in [-0.2, -0.15) is 0 Å². The van der Waals surface area contributed by atoms with E-state index in [4.69, 9.17) is 5.73 Å². The van der Waals surface area contributed by atoms with Gasteiger partial charge in [0.05, 0.1) is 6.04 Å². The van der Waals surface area contributed by atoms with Crippen LogP contribution in [-0.2, 0) is 0 Å². The third-order valence-electron chi connectivity index (χ3n) is 4.08. The molecule has 5 heteroatoms. The second kappa shape index (κ2) is 6.52. The number of benzene rings is 2. The maximum Gasteiger partial charge on any atom is 0.316 e. The summed E-state index contributed by atoms with van der Waals surface area (Å²) < 4.78 is 0. The van der Waals surface area contributed by atoms with Gasteiger partial charge in [0.25, 0.3) is 5.91 Å². The number of nitrogens with two attached hydrogens (primary N) is 1. The second-order valence-corrected chi connectivity index (χ2v) is 5.64. The first-order chi connectivity index (χ1) is 11.1. The number of primary amides is 1. The molecular weight excluding hydrogens is 290 g/mol. The minimum absolute atomic E-state index is 0.0236. The van der Waals surface area contributed by atoms with Gasteiger partial charge in [-0.15, -0.1) is 0 Å². The number of carbonyl (C=O) groups excluding carboxylic acids is 2. The summed E-state index contributed by atoms with van der Waals surface area (Å²) in [5.74, 6) is -0.0236. The fraction of sp³-hybridized carbons (Fsp3) is 0.222. The van der Waals surface area contributed by atoms with Crippen molar-refractivity contribution in [1.29, 1.82) is 0 Å². The fourth-order valence-electron chi connectivity index (χ4n) is 3.07. The molecule has 1 unspecified atom stereocenters. The molecule has 0 bridgehead atoms. The molecule has 1 aliphatic rings. The number of rotatable bonds is 3. The summed E-state index contributed by atoms with van der Waals surface area (Å²) in [4.78, 5) is 25.7. The summed E-state index contributed by atoms with van der Waals surface area (Å²) in [6.07, 6.45) is 1.96. The van der Waals surface area contributed by atoms with E-state index in [1.165, 1.54) is 0 Å². The van der Waals surface area contributed by atoms with Crippen molar-refractivity contribution in [2.45, 2.75) is 18.9 Å². The molecule has 3 rings (SSSR count). The summed E-state index contributed by atoms with van der Waals surface area (Å²) >= 11 is 0. The van der Waals surface area contributed by atoms with E-state index in [9.17, 15) is 9.59 Å². The molecule has 5 nitrogen and oxygen atoms in total. The van der Waals surface area contributed by atoms with Crippen LogP contribution in [0.15, 0.2) is 54.6 Å². The Morgan fingerprint density at radius 2 is 1.87 bits per heavy atom. The molecule has 118 valence electrons. The van der Waals surface area contributed by atoms with Crippen LogP contribution in [0.25, 0.3) is 0 Å². The molecule has 23 heavy (non-hydrogen) atoms. The first-order valence-corrected chi connectivity index (χ1v) is 7.67. The van der Waals surface area contributed by atoms with Crippen molar-refractivity contribution in [2.24, 2.45) is 5.73 Å². The normalized spacial score (nSPS) is 17.0. The van der Waals surface area contributed by atoms with E-state index in [2.05, 4.69) is 17.4 Å². The van der Waals surface area contributed by atoms with Crippen LogP contribution in [0.5, 0.6) is 0 Å². The lowest BCUT2D eigenvalue weighted by molar-refractivity contribution is 0.0735. The Morgan fingerprint density at radius 3 is 2.61 bits per heavy atom. The molecule has 2 aromatic carbocycles. The Morgan fingerprint density at radius 1 is 1.09 bits per heavy atom. The Kier molecular flexibility index (Phi) is 4.28. The molecule has 3 amide bonds. The van der Waals surface area contributed by atoms with Crippen molar-refractivity contribution in [3.05, 3.63) is 65.7 Å². The van der Waals surface area contributed by atoms with Gasteiger partial charge in [0.2, 0.25) is 0 Å². The van der Waals surface area contributed by atoms with Crippen molar-refractivity contribution in [2.75, 3.05) is 11.9 Å². The van der Waals surface area contributed by atoms with E-state index in [-0.39, 0.29) is 11.9 Å². The van der Waals surface area contributed by atoms with Crippen molar-refractivity contribution in [3.8, 4) is 0 Å². The molecule has 0 spiro atoms. The first-order valence-electron chi connectivity index (χ1n) is 7.67. The highest BCUT2D eigenvalue weighted by Gasteiger charge is 2.30. The highest BCUT2D eigenvalue weighted by Crippen LogP contribution is 2.33. The summed E-state index contributed by atoms with van der Waals surface area (Å²) in [6.45, 7) is 0.742. The van der Waals surface area contributed by atoms with E-state index in [1.807, 2.05) is 23.1 Å². The highest BCUT2D eigenvalue weighted by molar-refractivity contribution is 5.97. The molecule has 0 saturated carbocycles. The molecule has 0 aromatic heterocycles. The van der Waals surface area contributed by atoms with Crippen LogP contribution in [-0.4, -0.2) is 23.4 Å². The van der Waals surface area contributed by atoms with Crippen LogP contribution in [0.4, 0.5) is 10.5 Å². The number of hydrogen-bond acceptors (Lipinski definition) is 2. The maximum absolute atomic E-state index is 12.9. The largest absolute Gasteiger partial charge is 0.351 e. The van der Waals surface area contributed by atoms with Gasteiger partial charge >= 0.3 is 6.03 Å². The Bertz CT molecular complexity index is 715. The predicted molar refractivity (Wildman–Crippen MR) is 89.1 cm³/mol. The van der Waals surface area contributed by atoms with Gasteiger partial charge in [0, 0.05) is 17.8 Å². The average molecular weight is 309 g/mol. The van der Waals surface area contributed by atoms with Gasteiger partial charge in [0.15, 0.2) is 0 Å². The highest BCUT2D eigenvalue weighted by atomic mass is 16.2. The Labute approximate surface area is 135 Å². The van der Waals surface area contributed by atoms with E-state index >= 15 is 0 Å². The number of anilines is 1. The molecule has 1 heterocycles. The summed E-state index contributed by atoms with van der Waals surface area (Å²) in [5.41, 5.74) is 7.36. The molecule has 1 fully saturated rings. The van der Waals surface area contributed by atoms with Gasteiger partial charge in [-0.05, 0) is 36.6 Å². The zero-order valence-corrected chi connectivity index (χ0v) is 12.7. The zero-order chi connectivity index (χ0) is 16.2. The van der Waals surface area contributed by atoms with Gasteiger partial charge < -0.3 is 16.0 Å². The number of urea groups is 1. The minimum Gasteiger partial charge on any atom is -0.351 e. The smallest absolute Gasteiger partial charge is 0.316 e. The van der Waals surface area contributed by atoms with Gasteiger partial charge in [0.1, 0.15) is 0 Å². The van der Waals surface area contributed by atoms with Crippen LogP contribution in [0.1, 0.15) is 34.8 Å². The molecule has 2 aromatic rings. The topological polar surface area (TPSA) is 75.4 Å². The number of amides is 3. The lowest BCUT2D eigenvalue weighted by Gasteiger charge is -2.25. The summed E-state index contributed by atoms with van der Waals surface area (Å²) in [6, 6.07) is 16.4. The van der Waals surface area contributed by atoms with E-state index in [1.54, 1.807) is 24.3 Å². The Balaban J connectivity index is 1.83. The molecule has 3 N–H and O–H groups in total. The number of hydrogen-bond donors (Lipinski definition) is 2. The molecule has 1 aliphatic heterocycles. The lowest BCUT2D eigenvalue weighted by Crippen LogP contribution is -2.30. The van der Waals surface area contributed by atoms with Crippen LogP contribution in [0, 0.1) is 0 Å². The third kappa shape index (κ3) is 3.34. The predicted octanol–water partition coefficient (Wildman–Crippen LogP) is 3.15. The van der Waals surface area contributed by atoms with Gasteiger partial charge in [-0.1, -0.05) is 36.4 Å². The molecule has 0 aliphatic carbocycles. The van der Waals surface area contributed by atoms with Crippen LogP contribution in [0.3, 0.4) is 0 Å². The molecule has 1 atom stereocenters. The van der Waals surface area contributed by atoms with Crippen LogP contribution < -0.4 is 11.1 Å². The molecule has 0 radical (unpaired) electrons. The van der Waals surface area contributed by atoms with Crippen molar-refractivity contribution < 1.29 is 9.59 Å². The van der Waals surface area contributed by atoms with E-state index in [0.717, 1.165) is 24.9 Å². The average Bonchev–Trinajstić information content (AvgIpc) is 3.04. The monoisotopic (exact) mass is 309 g/mol. The number of likely N-dealkylation sites (tertiary alicyclic amines) is 1. The SMILES string of the molecule is NC(=O)Nc1cccc(C(=O)N2CCCC2c2ccccc2)c1. The van der Waals surface area contributed by atoms with Crippen LogP contribution in [0.2, 0.25) is 0 Å². The molecular formula is C18H19N3O2. The summed E-state index contributed by atoms with van der Waals surface area (Å²) in [7, 11) is 0. The van der Waals surface area contributed by atoms with Crippen molar-refractivity contribution in [1.82, 2.24) is 4.90 Å². The van der Waals surface area contributed by atoms with Crippen molar-refractivity contribution >= 4 is 17.6 Å². The van der Waals surface area contributed by atoms with Gasteiger partial charge in [-0.3, -0.25) is 4.79 Å². The minimum atomic E-state index is -0.641. The van der Waals surface area contributed by atoms with Crippen molar-refractivity contribution in [3.63, 3.8) is 0 Å². The van der Waals surface area contributed by atoms with E-state index < -0.39 is 6.03 Å². The zero-order valence-electron chi connectivity index (χ0n) is 12.7. The quantitative estimate of drug-likeness (QED) is 0.914. The fourth-order valence-corrected chi connectivity index (χ4v) is 3.07. The second-order valence-electron chi connectivity index (χ2n) is 5.64. The number of nitrogens with one attached hydrogen (secondary N) is 1. The molecule has 1 saturated heterocycles. The Hall–Kier alpha value is -2.82. The first kappa shape index (κ1) is 15.1. The maximum atomic E-state index is 12.9. The summed E-state index contributed by atoms with van der Waals surface area (Å²) in [5, 5.41) is 2.50. The number of carbonyl (C=O) groups is 2. The number of nitrogens with zero attached hydrogens (tertiary/aromatic N) is 1.